The lowest BCUT2D eigenvalue weighted by Crippen LogP contribution is -2.36. The summed E-state index contributed by atoms with van der Waals surface area (Å²) in [6.07, 6.45) is 56.5. The van der Waals surface area contributed by atoms with Crippen LogP contribution in [0.4, 0.5) is 0 Å². The normalized spacial score (nSPS) is 12.9. The summed E-state index contributed by atoms with van der Waals surface area (Å²) in [4.78, 5) is 42.0. The van der Waals surface area contributed by atoms with Crippen LogP contribution < -0.4 is 16.4 Å². The lowest BCUT2D eigenvalue weighted by Gasteiger charge is -2.24. The molecule has 0 aromatic carbocycles. The van der Waals surface area contributed by atoms with Crippen LogP contribution >= 0.6 is 0 Å². The molecule has 0 bridgehead atoms. The van der Waals surface area contributed by atoms with Crippen LogP contribution in [0.2, 0.25) is 0 Å². The van der Waals surface area contributed by atoms with Gasteiger partial charge in [0, 0.05) is 50.7 Å². The molecule has 0 aliphatic carbocycles. The summed E-state index contributed by atoms with van der Waals surface area (Å²) in [7, 11) is 1.50. The molecule has 0 aromatic rings. The van der Waals surface area contributed by atoms with Crippen molar-refractivity contribution in [3.05, 3.63) is 0 Å². The standard InChI is InChI=1S/C67H133N3O3.CH5N/c1-9-14-18-22-28-36-46-63(47-37-29-23-19-15-10-2)58-61(7)66(72)51-41-33-27-35-43-56-70(57-54-69-67(73)52-44-45-62(8)68-53-13-5)55-42-34-26-32-40-50-65(71)59-60(6)64(48-38-30-24-20-16-11-3)49-39-31-25-21-17-12-4;1-2/h60-64,68H,9-59H2,1-8H3,(H,69,73);2H2,1H3. The maximum absolute atomic E-state index is 13.4. The predicted octanol–water partition coefficient (Wildman–Crippen LogP) is 19.6. The Hall–Kier alpha value is -1.31. The first-order chi connectivity index (χ1) is 36.6. The fraction of sp³-hybridized carbons (Fsp3) is 0.956. The van der Waals surface area contributed by atoms with Gasteiger partial charge in [0.1, 0.15) is 11.6 Å². The smallest absolute Gasteiger partial charge is 0.220 e. The van der Waals surface area contributed by atoms with Crippen molar-refractivity contribution < 1.29 is 14.4 Å². The molecule has 0 saturated carbocycles. The van der Waals surface area contributed by atoms with Gasteiger partial charge in [-0.25, -0.2) is 0 Å². The summed E-state index contributed by atoms with van der Waals surface area (Å²) in [6, 6.07) is 0.463. The minimum absolute atomic E-state index is 0.188. The van der Waals surface area contributed by atoms with E-state index in [-0.39, 0.29) is 11.8 Å². The summed E-state index contributed by atoms with van der Waals surface area (Å²) in [5.41, 5.74) is 4.50. The van der Waals surface area contributed by atoms with E-state index >= 15 is 0 Å². The van der Waals surface area contributed by atoms with Crippen molar-refractivity contribution in [3.8, 4) is 0 Å². The summed E-state index contributed by atoms with van der Waals surface area (Å²) in [5, 5.41) is 6.78. The molecule has 4 N–H and O–H groups in total. The largest absolute Gasteiger partial charge is 0.355 e. The molecular formula is C68H138N4O3. The van der Waals surface area contributed by atoms with Gasteiger partial charge in [-0.05, 0) is 103 Å². The van der Waals surface area contributed by atoms with E-state index in [1.54, 1.807) is 0 Å². The van der Waals surface area contributed by atoms with Gasteiger partial charge in [0.2, 0.25) is 5.91 Å². The second-order valence-corrected chi connectivity index (χ2v) is 24.1. The first-order valence-electron chi connectivity index (χ1n) is 34.0. The quantitative estimate of drug-likeness (QED) is 0.0524. The van der Waals surface area contributed by atoms with Crippen molar-refractivity contribution in [1.82, 2.24) is 15.5 Å². The Morgan fingerprint density at radius 3 is 1.29 bits per heavy atom. The molecule has 0 radical (unpaired) electrons. The number of unbranched alkanes of at least 4 members (excludes halogenated alkanes) is 28. The third kappa shape index (κ3) is 53.1. The van der Waals surface area contributed by atoms with Gasteiger partial charge in [-0.1, -0.05) is 267 Å². The molecule has 0 saturated heterocycles. The van der Waals surface area contributed by atoms with Crippen molar-refractivity contribution in [3.63, 3.8) is 0 Å². The van der Waals surface area contributed by atoms with Crippen LogP contribution in [-0.2, 0) is 14.4 Å². The van der Waals surface area contributed by atoms with E-state index in [4.69, 9.17) is 0 Å². The van der Waals surface area contributed by atoms with Crippen LogP contribution in [0, 0.1) is 23.7 Å². The van der Waals surface area contributed by atoms with E-state index in [1.807, 2.05) is 0 Å². The summed E-state index contributed by atoms with van der Waals surface area (Å²) >= 11 is 0. The number of ketones is 2. The molecule has 0 heterocycles. The zero-order valence-electron chi connectivity index (χ0n) is 52.7. The van der Waals surface area contributed by atoms with E-state index < -0.39 is 0 Å². The van der Waals surface area contributed by atoms with E-state index in [2.05, 4.69) is 76.7 Å². The summed E-state index contributed by atoms with van der Waals surface area (Å²) in [6.45, 7) is 23.1. The number of nitrogens with zero attached hydrogens (tertiary/aromatic N) is 1. The molecule has 0 aromatic heterocycles. The number of carbonyl (C=O) groups is 3. The third-order valence-electron chi connectivity index (χ3n) is 16.7. The number of nitrogens with two attached hydrogens (primary N) is 1. The third-order valence-corrected chi connectivity index (χ3v) is 16.7. The highest BCUT2D eigenvalue weighted by Gasteiger charge is 2.21. The van der Waals surface area contributed by atoms with Gasteiger partial charge in [-0.15, -0.1) is 0 Å². The Kier molecular flexibility index (Phi) is 60.9. The van der Waals surface area contributed by atoms with Gasteiger partial charge >= 0.3 is 0 Å². The monoisotopic (exact) mass is 1060 g/mol. The highest BCUT2D eigenvalue weighted by Crippen LogP contribution is 2.30. The van der Waals surface area contributed by atoms with Gasteiger partial charge in [0.25, 0.3) is 0 Å². The Labute approximate surface area is 471 Å². The Balaban J connectivity index is 0. The predicted molar refractivity (Wildman–Crippen MR) is 333 cm³/mol. The molecule has 1 amide bonds. The van der Waals surface area contributed by atoms with Crippen LogP contribution in [0.15, 0.2) is 0 Å². The number of rotatable bonds is 60. The van der Waals surface area contributed by atoms with Gasteiger partial charge < -0.3 is 21.3 Å². The number of amides is 1. The second kappa shape index (κ2) is 60.3. The maximum Gasteiger partial charge on any atom is 0.220 e. The average molecular weight is 1060 g/mol. The molecule has 448 valence electrons. The van der Waals surface area contributed by atoms with Crippen LogP contribution in [-0.4, -0.2) is 68.2 Å². The molecule has 7 nitrogen and oxygen atoms in total. The van der Waals surface area contributed by atoms with E-state index in [0.717, 1.165) is 109 Å². The first kappa shape index (κ1) is 75.8. The minimum Gasteiger partial charge on any atom is -0.355 e. The number of nitrogens with one attached hydrogen (secondary N) is 2. The fourth-order valence-corrected chi connectivity index (χ4v) is 11.6. The highest BCUT2D eigenvalue weighted by atomic mass is 16.1. The Morgan fingerprint density at radius 1 is 0.413 bits per heavy atom. The topological polar surface area (TPSA) is 105 Å². The van der Waals surface area contributed by atoms with Crippen molar-refractivity contribution in [1.29, 1.82) is 0 Å². The molecule has 3 atom stereocenters. The SMILES string of the molecule is CCCCCCCCC(CCCCCCCC)CC(C)C(=O)CCCCCCCN(CCCCCCCC(=O)CC(C)C(CCCCCCCC)CCCCCCCC)CCNC(=O)CCCC(C)NCCC.CN. The van der Waals surface area contributed by atoms with Crippen molar-refractivity contribution in [2.45, 2.75) is 357 Å². The molecule has 0 aliphatic rings. The summed E-state index contributed by atoms with van der Waals surface area (Å²) < 4.78 is 0. The van der Waals surface area contributed by atoms with Crippen molar-refractivity contribution in [2.75, 3.05) is 39.8 Å². The number of hydrogen-bond donors (Lipinski definition) is 3. The molecule has 0 fully saturated rings. The van der Waals surface area contributed by atoms with Gasteiger partial charge in [-0.2, -0.15) is 0 Å². The zero-order chi connectivity index (χ0) is 55.7. The molecule has 0 spiro atoms. The number of Topliss-reactive ketones (excluding diaryl/α,β-unsaturated/α-hetero) is 2. The van der Waals surface area contributed by atoms with Crippen molar-refractivity contribution in [2.24, 2.45) is 29.4 Å². The molecule has 75 heavy (non-hydrogen) atoms. The van der Waals surface area contributed by atoms with Gasteiger partial charge in [0.15, 0.2) is 0 Å². The number of hydrogen-bond acceptors (Lipinski definition) is 6. The minimum atomic E-state index is 0.188. The Bertz CT molecular complexity index is 1150. The first-order valence-corrected chi connectivity index (χ1v) is 34.0. The van der Waals surface area contributed by atoms with E-state index in [0.29, 0.717) is 35.9 Å². The highest BCUT2D eigenvalue weighted by molar-refractivity contribution is 5.80. The second-order valence-electron chi connectivity index (χ2n) is 24.1. The van der Waals surface area contributed by atoms with Crippen molar-refractivity contribution >= 4 is 17.5 Å². The molecule has 0 aliphatic heterocycles. The number of carbonyl (C=O) groups excluding carboxylic acids is 3. The van der Waals surface area contributed by atoms with Gasteiger partial charge in [0.05, 0.1) is 0 Å². The average Bonchev–Trinajstić information content (AvgIpc) is 3.40. The van der Waals surface area contributed by atoms with Gasteiger partial charge in [-0.3, -0.25) is 14.4 Å². The molecular weight excluding hydrogens is 921 g/mol. The molecule has 3 unspecified atom stereocenters. The van der Waals surface area contributed by atoms with Crippen LogP contribution in [0.5, 0.6) is 0 Å². The zero-order valence-corrected chi connectivity index (χ0v) is 52.7. The lowest BCUT2D eigenvalue weighted by molar-refractivity contribution is -0.123. The molecule has 0 rings (SSSR count). The maximum atomic E-state index is 13.4. The van der Waals surface area contributed by atoms with E-state index in [1.165, 1.54) is 225 Å². The van der Waals surface area contributed by atoms with E-state index in [9.17, 15) is 14.4 Å². The molecule has 7 heteroatoms. The lowest BCUT2D eigenvalue weighted by atomic mass is 9.81. The fourth-order valence-electron chi connectivity index (χ4n) is 11.6. The summed E-state index contributed by atoms with van der Waals surface area (Å²) in [5.74, 6) is 3.36. The van der Waals surface area contributed by atoms with Crippen LogP contribution in [0.1, 0.15) is 351 Å². The Morgan fingerprint density at radius 2 is 0.827 bits per heavy atom. The van der Waals surface area contributed by atoms with Crippen LogP contribution in [0.25, 0.3) is 0 Å². The van der Waals surface area contributed by atoms with Crippen LogP contribution in [0.3, 0.4) is 0 Å².